The molecule has 200 valence electrons. The number of rotatable bonds is 12. The maximum atomic E-state index is 13.0. The maximum Gasteiger partial charge on any atom is 0.408 e. The Morgan fingerprint density at radius 3 is 2.29 bits per heavy atom. The molecule has 1 aromatic heterocycles. The molecule has 1 heterocycles. The Morgan fingerprint density at radius 2 is 1.58 bits per heavy atom. The molecule has 9 heteroatoms. The molecule has 0 aliphatic heterocycles. The lowest BCUT2D eigenvalue weighted by atomic mass is 10.0. The van der Waals surface area contributed by atoms with Crippen molar-refractivity contribution in [1.82, 2.24) is 20.9 Å². The SMILES string of the molecule is CCC(NC(=O)C(CC(C)C)NC(=O)OCc1ccccc1)C(=O)C(=O)NCc1ccc2ccccc2n1. The van der Waals surface area contributed by atoms with Crippen molar-refractivity contribution in [3.8, 4) is 0 Å². The lowest BCUT2D eigenvalue weighted by Gasteiger charge is -2.23. The summed E-state index contributed by atoms with van der Waals surface area (Å²) < 4.78 is 5.24. The molecule has 2 atom stereocenters. The summed E-state index contributed by atoms with van der Waals surface area (Å²) in [7, 11) is 0. The van der Waals surface area contributed by atoms with E-state index in [1.165, 1.54) is 0 Å². The summed E-state index contributed by atoms with van der Waals surface area (Å²) in [5, 5.41) is 8.76. The van der Waals surface area contributed by atoms with E-state index in [0.29, 0.717) is 12.1 Å². The van der Waals surface area contributed by atoms with Crippen LogP contribution < -0.4 is 16.0 Å². The van der Waals surface area contributed by atoms with Crippen LogP contribution >= 0.6 is 0 Å². The van der Waals surface area contributed by atoms with E-state index in [-0.39, 0.29) is 25.5 Å². The largest absolute Gasteiger partial charge is 0.445 e. The maximum absolute atomic E-state index is 13.0. The smallest absolute Gasteiger partial charge is 0.408 e. The van der Waals surface area contributed by atoms with Crippen LogP contribution in [0.5, 0.6) is 0 Å². The Hall–Kier alpha value is -4.27. The first-order valence-electron chi connectivity index (χ1n) is 12.7. The molecular weight excluding hydrogens is 484 g/mol. The van der Waals surface area contributed by atoms with Gasteiger partial charge in [0, 0.05) is 5.39 Å². The molecule has 3 N–H and O–H groups in total. The number of ketones is 1. The third kappa shape index (κ3) is 8.40. The molecule has 0 bridgehead atoms. The van der Waals surface area contributed by atoms with Gasteiger partial charge in [-0.05, 0) is 36.5 Å². The van der Waals surface area contributed by atoms with E-state index in [1.54, 1.807) is 13.0 Å². The molecule has 2 aromatic carbocycles. The Labute approximate surface area is 222 Å². The molecule has 0 aliphatic rings. The molecule has 3 rings (SSSR count). The van der Waals surface area contributed by atoms with Crippen LogP contribution in [-0.2, 0) is 32.3 Å². The highest BCUT2D eigenvalue weighted by atomic mass is 16.5. The van der Waals surface area contributed by atoms with E-state index in [9.17, 15) is 19.2 Å². The minimum Gasteiger partial charge on any atom is -0.445 e. The van der Waals surface area contributed by atoms with Crippen LogP contribution in [0.15, 0.2) is 66.7 Å². The number of nitrogens with one attached hydrogen (secondary N) is 3. The number of Topliss-reactive ketones (excluding diaryl/α,β-unsaturated/α-hetero) is 1. The highest BCUT2D eigenvalue weighted by Gasteiger charge is 2.29. The first kappa shape index (κ1) is 28.3. The third-order valence-corrected chi connectivity index (χ3v) is 5.88. The lowest BCUT2D eigenvalue weighted by molar-refractivity contribution is -0.140. The summed E-state index contributed by atoms with van der Waals surface area (Å²) in [6.07, 6.45) is -0.204. The van der Waals surface area contributed by atoms with Crippen molar-refractivity contribution in [2.75, 3.05) is 0 Å². The summed E-state index contributed by atoms with van der Waals surface area (Å²) in [6.45, 7) is 5.65. The van der Waals surface area contributed by atoms with Gasteiger partial charge in [-0.3, -0.25) is 19.4 Å². The van der Waals surface area contributed by atoms with Crippen molar-refractivity contribution in [1.29, 1.82) is 0 Å². The molecule has 0 saturated heterocycles. The summed E-state index contributed by atoms with van der Waals surface area (Å²) in [5.74, 6) is -2.06. The molecule has 0 aliphatic carbocycles. The first-order chi connectivity index (χ1) is 18.3. The van der Waals surface area contributed by atoms with Crippen molar-refractivity contribution >= 4 is 34.6 Å². The van der Waals surface area contributed by atoms with Crippen molar-refractivity contribution < 1.29 is 23.9 Å². The molecule has 2 unspecified atom stereocenters. The monoisotopic (exact) mass is 518 g/mol. The number of carbonyl (C=O) groups is 4. The van der Waals surface area contributed by atoms with Gasteiger partial charge in [0.15, 0.2) is 0 Å². The van der Waals surface area contributed by atoms with Gasteiger partial charge in [-0.15, -0.1) is 0 Å². The van der Waals surface area contributed by atoms with Gasteiger partial charge in [0.05, 0.1) is 23.8 Å². The first-order valence-corrected chi connectivity index (χ1v) is 12.7. The number of alkyl carbamates (subject to hydrolysis) is 1. The van der Waals surface area contributed by atoms with Crippen LogP contribution in [0.3, 0.4) is 0 Å². The number of hydrogen-bond donors (Lipinski definition) is 3. The molecular formula is C29H34N4O5. The summed E-state index contributed by atoms with van der Waals surface area (Å²) in [4.78, 5) is 55.2. The van der Waals surface area contributed by atoms with E-state index < -0.39 is 35.8 Å². The molecule has 0 fully saturated rings. The molecule has 3 aromatic rings. The number of fused-ring (bicyclic) bond motifs is 1. The van der Waals surface area contributed by atoms with Gasteiger partial charge in [0.2, 0.25) is 11.7 Å². The van der Waals surface area contributed by atoms with Crippen LogP contribution in [0, 0.1) is 5.92 Å². The van der Waals surface area contributed by atoms with Crippen LogP contribution in [0.25, 0.3) is 10.9 Å². The van der Waals surface area contributed by atoms with E-state index >= 15 is 0 Å². The van der Waals surface area contributed by atoms with Crippen molar-refractivity contribution in [3.05, 3.63) is 78.0 Å². The predicted molar refractivity (Wildman–Crippen MR) is 144 cm³/mol. The van der Waals surface area contributed by atoms with Gasteiger partial charge >= 0.3 is 6.09 Å². The summed E-state index contributed by atoms with van der Waals surface area (Å²) in [5.41, 5.74) is 2.21. The van der Waals surface area contributed by atoms with Crippen LogP contribution in [0.4, 0.5) is 4.79 Å². The number of ether oxygens (including phenoxy) is 1. The zero-order valence-electron chi connectivity index (χ0n) is 21.9. The van der Waals surface area contributed by atoms with E-state index in [0.717, 1.165) is 16.5 Å². The van der Waals surface area contributed by atoms with Gasteiger partial charge in [0.25, 0.3) is 5.91 Å². The van der Waals surface area contributed by atoms with Gasteiger partial charge in [-0.2, -0.15) is 0 Å². The van der Waals surface area contributed by atoms with Gasteiger partial charge in [-0.1, -0.05) is 75.4 Å². The fraction of sp³-hybridized carbons (Fsp3) is 0.345. The van der Waals surface area contributed by atoms with Crippen LogP contribution in [0.2, 0.25) is 0 Å². The minimum atomic E-state index is -1.04. The second-order valence-corrected chi connectivity index (χ2v) is 9.40. The summed E-state index contributed by atoms with van der Waals surface area (Å²) in [6, 6.07) is 18.5. The number of nitrogens with zero attached hydrogens (tertiary/aromatic N) is 1. The summed E-state index contributed by atoms with van der Waals surface area (Å²) >= 11 is 0. The van der Waals surface area contributed by atoms with E-state index in [1.807, 2.05) is 74.5 Å². The van der Waals surface area contributed by atoms with E-state index in [4.69, 9.17) is 4.74 Å². The second-order valence-electron chi connectivity index (χ2n) is 9.40. The Morgan fingerprint density at radius 1 is 0.868 bits per heavy atom. The van der Waals surface area contributed by atoms with Crippen LogP contribution in [0.1, 0.15) is 44.9 Å². The molecule has 3 amide bonds. The van der Waals surface area contributed by atoms with E-state index in [2.05, 4.69) is 20.9 Å². The predicted octanol–water partition coefficient (Wildman–Crippen LogP) is 3.66. The van der Waals surface area contributed by atoms with Gasteiger partial charge in [-0.25, -0.2) is 4.79 Å². The van der Waals surface area contributed by atoms with Crippen molar-refractivity contribution in [2.45, 2.75) is 58.8 Å². The molecule has 38 heavy (non-hydrogen) atoms. The quantitative estimate of drug-likeness (QED) is 0.314. The molecule has 0 saturated carbocycles. The average Bonchev–Trinajstić information content (AvgIpc) is 2.92. The van der Waals surface area contributed by atoms with Gasteiger partial charge < -0.3 is 20.7 Å². The third-order valence-electron chi connectivity index (χ3n) is 5.88. The average molecular weight is 519 g/mol. The normalized spacial score (nSPS) is 12.4. The van der Waals surface area contributed by atoms with Crippen molar-refractivity contribution in [3.63, 3.8) is 0 Å². The lowest BCUT2D eigenvalue weighted by Crippen LogP contribution is -2.54. The zero-order valence-corrected chi connectivity index (χ0v) is 21.9. The Bertz CT molecular complexity index is 1260. The highest BCUT2D eigenvalue weighted by molar-refractivity contribution is 6.38. The number of aromatic nitrogens is 1. The number of benzene rings is 2. The minimum absolute atomic E-state index is 0.0605. The highest BCUT2D eigenvalue weighted by Crippen LogP contribution is 2.12. The zero-order chi connectivity index (χ0) is 27.5. The number of hydrogen-bond acceptors (Lipinski definition) is 6. The number of carbonyl (C=O) groups excluding carboxylic acids is 4. The fourth-order valence-electron chi connectivity index (χ4n) is 3.86. The van der Waals surface area contributed by atoms with Gasteiger partial charge in [0.1, 0.15) is 12.6 Å². The Balaban J connectivity index is 1.55. The second kappa shape index (κ2) is 13.9. The van der Waals surface area contributed by atoms with Crippen LogP contribution in [-0.4, -0.2) is 40.8 Å². The number of para-hydroxylation sites is 1. The molecule has 0 spiro atoms. The number of pyridine rings is 1. The molecule has 0 radical (unpaired) electrons. The standard InChI is InChI=1S/C29H34N4O5/c1-4-23(26(34)28(36)30-17-22-15-14-21-12-8-9-13-24(21)31-22)32-27(35)25(16-19(2)3)33-29(37)38-18-20-10-6-5-7-11-20/h5-15,19,23,25H,4,16-18H2,1-3H3,(H,30,36)(H,32,35)(H,33,37). The molecule has 9 nitrogen and oxygen atoms in total. The topological polar surface area (TPSA) is 126 Å². The number of amides is 3. The fourth-order valence-corrected chi connectivity index (χ4v) is 3.86. The Kier molecular flexibility index (Phi) is 10.3. The van der Waals surface area contributed by atoms with Crippen molar-refractivity contribution in [2.24, 2.45) is 5.92 Å².